The van der Waals surface area contributed by atoms with E-state index in [0.29, 0.717) is 0 Å². The van der Waals surface area contributed by atoms with E-state index in [-0.39, 0.29) is 15.6 Å². The molecule has 104 valence electrons. The third-order valence-electron chi connectivity index (χ3n) is 2.70. The minimum atomic E-state index is -0.0700. The Morgan fingerprint density at radius 1 is 0.905 bits per heavy atom. The van der Waals surface area contributed by atoms with E-state index >= 15 is 0 Å². The Balaban J connectivity index is 0.000000497. The van der Waals surface area contributed by atoms with Gasteiger partial charge in [0.2, 0.25) is 0 Å². The fourth-order valence-corrected chi connectivity index (χ4v) is 2.78. The van der Waals surface area contributed by atoms with E-state index in [4.69, 9.17) is 0 Å². The van der Waals surface area contributed by atoms with Crippen LogP contribution in [0.1, 0.15) is 5.69 Å². The van der Waals surface area contributed by atoms with Crippen LogP contribution in [0.4, 0.5) is 0 Å². The first-order chi connectivity index (χ1) is 10.3. The van der Waals surface area contributed by atoms with Crippen molar-refractivity contribution in [2.24, 2.45) is 0 Å². The van der Waals surface area contributed by atoms with Crippen LogP contribution in [0.25, 0.3) is 10.9 Å². The van der Waals surface area contributed by atoms with Gasteiger partial charge in [0.1, 0.15) is 0 Å². The van der Waals surface area contributed by atoms with Crippen LogP contribution in [-0.2, 0) is 21.4 Å². The van der Waals surface area contributed by atoms with Gasteiger partial charge in [0.15, 0.2) is 0 Å². The molecule has 1 aromatic carbocycles. The number of para-hydroxylation sites is 1. The van der Waals surface area contributed by atoms with Crippen LogP contribution in [0.5, 0.6) is 0 Å². The van der Waals surface area contributed by atoms with E-state index in [9.17, 15) is 0 Å². The minimum absolute atomic E-state index is 0.0700. The van der Waals surface area contributed by atoms with E-state index in [1.54, 1.807) is 11.8 Å². The first-order valence-electron chi connectivity index (χ1n) is 6.33. The zero-order valence-electron chi connectivity index (χ0n) is 11.2. The van der Waals surface area contributed by atoms with Crippen LogP contribution in [0, 0.1) is 0 Å². The predicted octanol–water partition coefficient (Wildman–Crippen LogP) is 5.69. The molecule has 0 saturated carbocycles. The number of pyridine rings is 2. The molecular formula is C15H12CdI2N2S. The topological polar surface area (TPSA) is 25.8 Å². The van der Waals surface area contributed by atoms with E-state index in [1.165, 1.54) is 10.3 Å². The van der Waals surface area contributed by atoms with Gasteiger partial charge in [-0.25, -0.2) is 0 Å². The van der Waals surface area contributed by atoms with Crippen molar-refractivity contribution < 1.29 is 15.6 Å². The van der Waals surface area contributed by atoms with Gasteiger partial charge in [-0.3, -0.25) is 9.97 Å². The first-order valence-corrected chi connectivity index (χ1v) is 30.8. The molecule has 0 N–H and O–H groups in total. The summed E-state index contributed by atoms with van der Waals surface area (Å²) >= 11 is 6.68. The van der Waals surface area contributed by atoms with Gasteiger partial charge in [-0.1, -0.05) is 24.3 Å². The third kappa shape index (κ3) is 5.90. The Hall–Kier alpha value is 0.512. The molecule has 3 rings (SSSR count). The molecule has 3 aromatic rings. The van der Waals surface area contributed by atoms with Crippen LogP contribution in [0.2, 0.25) is 0 Å². The summed E-state index contributed by atoms with van der Waals surface area (Å²) < 4.78 is 0. The molecule has 0 saturated heterocycles. The van der Waals surface area contributed by atoms with Gasteiger partial charge in [-0.05, 0) is 24.3 Å². The normalized spacial score (nSPS) is 9.62. The Bertz CT molecular complexity index is 677. The van der Waals surface area contributed by atoms with E-state index in [2.05, 4.69) is 69.8 Å². The summed E-state index contributed by atoms with van der Waals surface area (Å²) in [7, 11) is 0. The van der Waals surface area contributed by atoms with Gasteiger partial charge >= 0.3 is 51.2 Å². The molecule has 0 aliphatic heterocycles. The van der Waals surface area contributed by atoms with Gasteiger partial charge in [0, 0.05) is 28.4 Å². The van der Waals surface area contributed by atoms with Crippen molar-refractivity contribution >= 4 is 58.2 Å². The number of hydrogen-bond acceptors (Lipinski definition) is 3. The number of aromatic nitrogens is 2. The Morgan fingerprint density at radius 3 is 2.43 bits per heavy atom. The van der Waals surface area contributed by atoms with Crippen LogP contribution >= 0.6 is 47.3 Å². The largest absolute Gasteiger partial charge is 0.260 e. The number of hydrogen-bond donors (Lipinski definition) is 0. The molecule has 0 aliphatic rings. The summed E-state index contributed by atoms with van der Waals surface area (Å²) in [6, 6.07) is 16.3. The molecule has 6 heteroatoms. The first kappa shape index (κ1) is 17.9. The van der Waals surface area contributed by atoms with Crippen LogP contribution in [-0.4, -0.2) is 9.97 Å². The standard InChI is InChI=1S/C15H12N2S.Cd.2HI/c1-2-9-16-13(7-1)11-18-14-8-3-5-12-6-4-10-17-15(12)14;;;/h1-10H,11H2;;2*1H/q;+2;;/p-2. The molecule has 0 amide bonds. The van der Waals surface area contributed by atoms with Crippen molar-refractivity contribution in [2.45, 2.75) is 10.6 Å². The number of rotatable bonds is 3. The molecular weight excluding hydrogens is 606 g/mol. The van der Waals surface area contributed by atoms with Gasteiger partial charge in [-0.2, -0.15) is 0 Å². The van der Waals surface area contributed by atoms with Crippen molar-refractivity contribution in [2.75, 3.05) is 0 Å². The van der Waals surface area contributed by atoms with Gasteiger partial charge in [0.25, 0.3) is 0 Å². The van der Waals surface area contributed by atoms with Crippen molar-refractivity contribution in [3.63, 3.8) is 0 Å². The molecule has 2 nitrogen and oxygen atoms in total. The van der Waals surface area contributed by atoms with E-state index in [1.807, 2.05) is 36.7 Å². The number of halogens is 2. The fourth-order valence-electron chi connectivity index (χ4n) is 1.83. The van der Waals surface area contributed by atoms with Crippen LogP contribution < -0.4 is 0 Å². The van der Waals surface area contributed by atoms with Gasteiger partial charge < -0.3 is 0 Å². The molecule has 2 heterocycles. The average Bonchev–Trinajstić information content (AvgIpc) is 2.54. The van der Waals surface area contributed by atoms with Crippen LogP contribution in [0.15, 0.2) is 65.8 Å². The predicted molar refractivity (Wildman–Crippen MR) is 104 cm³/mol. The number of benzene rings is 1. The maximum atomic E-state index is 4.45. The molecule has 0 atom stereocenters. The number of fused-ring (bicyclic) bond motifs is 1. The van der Waals surface area contributed by atoms with Crippen molar-refractivity contribution in [3.8, 4) is 0 Å². The van der Waals surface area contributed by atoms with E-state index < -0.39 is 0 Å². The molecule has 0 bridgehead atoms. The summed E-state index contributed by atoms with van der Waals surface area (Å²) in [6.45, 7) is 0. The molecule has 0 unspecified atom stereocenters. The second-order valence-electron chi connectivity index (χ2n) is 4.04. The zero-order valence-corrected chi connectivity index (χ0v) is 20.4. The Morgan fingerprint density at radius 2 is 1.67 bits per heavy atom. The molecule has 21 heavy (non-hydrogen) atoms. The van der Waals surface area contributed by atoms with Crippen LogP contribution in [0.3, 0.4) is 0 Å². The SMILES string of the molecule is [I][Cd][I].c1ccc(CSc2cccc3cccnc23)nc1. The van der Waals surface area contributed by atoms with Crippen molar-refractivity contribution in [1.29, 1.82) is 0 Å². The van der Waals surface area contributed by atoms with Gasteiger partial charge in [-0.15, -0.1) is 11.8 Å². The number of nitrogens with zero attached hydrogens (tertiary/aromatic N) is 2. The summed E-state index contributed by atoms with van der Waals surface area (Å²) in [5, 5.41) is 1.18. The smallest absolute Gasteiger partial charge is 0.0837 e. The minimum Gasteiger partial charge on any atom is -0.260 e. The quantitative estimate of drug-likeness (QED) is 0.214. The average molecular weight is 619 g/mol. The maximum Gasteiger partial charge on any atom is 0.0837 e. The molecule has 0 aliphatic carbocycles. The summed E-state index contributed by atoms with van der Waals surface area (Å²) in [4.78, 5) is 9.99. The fraction of sp³-hybridized carbons (Fsp3) is 0.0667. The zero-order chi connectivity index (χ0) is 14.9. The molecule has 0 radical (unpaired) electrons. The second-order valence-corrected chi connectivity index (χ2v) is 35.5. The monoisotopic (exact) mass is 620 g/mol. The Kier molecular flexibility index (Phi) is 8.77. The Labute approximate surface area is 159 Å². The third-order valence-corrected chi connectivity index (χ3v) is 3.78. The summed E-state index contributed by atoms with van der Waals surface area (Å²) in [5.41, 5.74) is 2.16. The summed E-state index contributed by atoms with van der Waals surface area (Å²) in [6.07, 6.45) is 3.67. The van der Waals surface area contributed by atoms with Crippen molar-refractivity contribution in [3.05, 3.63) is 66.6 Å². The van der Waals surface area contributed by atoms with E-state index in [0.717, 1.165) is 17.0 Å². The summed E-state index contributed by atoms with van der Waals surface area (Å²) in [5.74, 6) is 0.872. The molecule has 2 aromatic heterocycles. The molecule has 0 fully saturated rings. The maximum absolute atomic E-state index is 4.45. The van der Waals surface area contributed by atoms with Gasteiger partial charge in [0.05, 0.1) is 11.2 Å². The molecule has 0 spiro atoms. The van der Waals surface area contributed by atoms with Crippen molar-refractivity contribution in [1.82, 2.24) is 9.97 Å². The number of thioether (sulfide) groups is 1. The second kappa shape index (κ2) is 10.3.